The summed E-state index contributed by atoms with van der Waals surface area (Å²) >= 11 is 7.69. The Morgan fingerprint density at radius 1 is 1.17 bits per heavy atom. The second-order valence-corrected chi connectivity index (χ2v) is 8.20. The highest BCUT2D eigenvalue weighted by atomic mass is 35.5. The lowest BCUT2D eigenvalue weighted by Gasteiger charge is -2.42. The van der Waals surface area contributed by atoms with Gasteiger partial charge >= 0.3 is 6.03 Å². The molecule has 5 nitrogen and oxygen atoms in total. The number of piperidine rings is 1. The zero-order valence-electron chi connectivity index (χ0n) is 12.9. The maximum Gasteiger partial charge on any atom is 0.333 e. The number of thioether (sulfide) groups is 1. The zero-order chi connectivity index (χ0) is 16.2. The number of hydrogen-bond acceptors (Lipinski definition) is 4. The van der Waals surface area contributed by atoms with Crippen LogP contribution in [0.5, 0.6) is 0 Å². The molecule has 0 saturated carbocycles. The molecule has 0 aliphatic carbocycles. The molecular weight excluding hydrogens is 334 g/mol. The van der Waals surface area contributed by atoms with Gasteiger partial charge in [-0.15, -0.1) is 11.8 Å². The maximum atomic E-state index is 13.0. The van der Waals surface area contributed by atoms with E-state index in [0.717, 1.165) is 25.9 Å². The molecule has 1 unspecified atom stereocenters. The van der Waals surface area contributed by atoms with E-state index in [1.165, 1.54) is 4.90 Å². The van der Waals surface area contributed by atoms with Gasteiger partial charge in [-0.05, 0) is 44.2 Å². The van der Waals surface area contributed by atoms with Crippen molar-refractivity contribution in [3.05, 3.63) is 29.3 Å². The highest BCUT2D eigenvalue weighted by Crippen LogP contribution is 2.50. The van der Waals surface area contributed by atoms with E-state index in [-0.39, 0.29) is 22.9 Å². The molecule has 1 atom stereocenters. The summed E-state index contributed by atoms with van der Waals surface area (Å²) in [4.78, 5) is 31.0. The molecule has 23 heavy (non-hydrogen) atoms. The third kappa shape index (κ3) is 2.27. The summed E-state index contributed by atoms with van der Waals surface area (Å²) in [6.07, 6.45) is 1.83. The molecule has 3 saturated heterocycles. The van der Waals surface area contributed by atoms with Crippen LogP contribution in [-0.2, 0) is 4.79 Å². The molecule has 0 N–H and O–H groups in total. The van der Waals surface area contributed by atoms with Crippen LogP contribution in [0.3, 0.4) is 0 Å². The second-order valence-electron chi connectivity index (χ2n) is 6.38. The smallest absolute Gasteiger partial charge is 0.306 e. The standard InChI is InChI=1S/C16H18ClN3O2S/c1-18-8-6-16(7-9-18)20-13(10-23-16)14(21)19(15(20)22)12-4-2-11(17)3-5-12/h2-5,13H,6-10H2,1H3. The van der Waals surface area contributed by atoms with Gasteiger partial charge in [-0.3, -0.25) is 9.69 Å². The van der Waals surface area contributed by atoms with Crippen molar-refractivity contribution in [1.82, 2.24) is 9.80 Å². The van der Waals surface area contributed by atoms with E-state index in [9.17, 15) is 9.59 Å². The number of imide groups is 1. The lowest BCUT2D eigenvalue weighted by atomic mass is 10.0. The number of likely N-dealkylation sites (tertiary alicyclic amines) is 1. The Labute approximate surface area is 144 Å². The minimum absolute atomic E-state index is 0.111. The highest BCUT2D eigenvalue weighted by Gasteiger charge is 2.59. The molecule has 3 amide bonds. The molecule has 3 aliphatic rings. The van der Waals surface area contributed by atoms with Gasteiger partial charge < -0.3 is 4.90 Å². The molecule has 4 rings (SSSR count). The Hall–Kier alpha value is -1.24. The van der Waals surface area contributed by atoms with Crippen LogP contribution in [0.15, 0.2) is 24.3 Å². The molecule has 3 fully saturated rings. The number of fused-ring (bicyclic) bond motifs is 2. The van der Waals surface area contributed by atoms with Gasteiger partial charge in [0.05, 0.1) is 10.6 Å². The Morgan fingerprint density at radius 3 is 2.48 bits per heavy atom. The number of amides is 3. The molecule has 1 aromatic carbocycles. The number of hydrogen-bond donors (Lipinski definition) is 0. The lowest BCUT2D eigenvalue weighted by Crippen LogP contribution is -2.52. The van der Waals surface area contributed by atoms with E-state index in [1.54, 1.807) is 36.0 Å². The van der Waals surface area contributed by atoms with Crippen LogP contribution in [0.1, 0.15) is 12.8 Å². The number of carbonyl (C=O) groups is 2. The van der Waals surface area contributed by atoms with Crippen LogP contribution in [-0.4, -0.2) is 58.5 Å². The second kappa shape index (κ2) is 5.40. The fourth-order valence-corrected chi connectivity index (χ4v) is 5.38. The van der Waals surface area contributed by atoms with Crippen molar-refractivity contribution < 1.29 is 9.59 Å². The van der Waals surface area contributed by atoms with Gasteiger partial charge in [0, 0.05) is 23.9 Å². The first-order valence-corrected chi connectivity index (χ1v) is 9.13. The first kappa shape index (κ1) is 15.3. The average molecular weight is 352 g/mol. The largest absolute Gasteiger partial charge is 0.333 e. The van der Waals surface area contributed by atoms with Crippen molar-refractivity contribution in [2.75, 3.05) is 30.8 Å². The number of urea groups is 1. The van der Waals surface area contributed by atoms with Crippen molar-refractivity contribution in [1.29, 1.82) is 0 Å². The first-order chi connectivity index (χ1) is 11.0. The summed E-state index contributed by atoms with van der Waals surface area (Å²) in [5.74, 6) is 0.582. The van der Waals surface area contributed by atoms with Crippen molar-refractivity contribution in [2.24, 2.45) is 0 Å². The van der Waals surface area contributed by atoms with Crippen LogP contribution in [0, 0.1) is 0 Å². The summed E-state index contributed by atoms with van der Waals surface area (Å²) < 4.78 is 0. The van der Waals surface area contributed by atoms with E-state index in [0.29, 0.717) is 16.5 Å². The van der Waals surface area contributed by atoms with Crippen LogP contribution in [0.25, 0.3) is 0 Å². The number of nitrogens with zero attached hydrogens (tertiary/aromatic N) is 3. The van der Waals surface area contributed by atoms with Crippen molar-refractivity contribution in [3.63, 3.8) is 0 Å². The van der Waals surface area contributed by atoms with Crippen LogP contribution < -0.4 is 4.90 Å². The average Bonchev–Trinajstić information content (AvgIpc) is 3.03. The van der Waals surface area contributed by atoms with Gasteiger partial charge in [0.2, 0.25) is 0 Å². The van der Waals surface area contributed by atoms with Crippen LogP contribution in [0.4, 0.5) is 10.5 Å². The molecular formula is C16H18ClN3O2S. The van der Waals surface area contributed by atoms with Gasteiger partial charge in [0.25, 0.3) is 5.91 Å². The van der Waals surface area contributed by atoms with E-state index in [4.69, 9.17) is 11.6 Å². The molecule has 0 aromatic heterocycles. The predicted molar refractivity (Wildman–Crippen MR) is 91.9 cm³/mol. The van der Waals surface area contributed by atoms with E-state index in [1.807, 2.05) is 4.90 Å². The number of carbonyl (C=O) groups excluding carboxylic acids is 2. The van der Waals surface area contributed by atoms with Gasteiger partial charge in [0.15, 0.2) is 0 Å². The first-order valence-electron chi connectivity index (χ1n) is 7.77. The lowest BCUT2D eigenvalue weighted by molar-refractivity contribution is -0.119. The molecule has 0 bridgehead atoms. The molecule has 122 valence electrons. The summed E-state index contributed by atoms with van der Waals surface area (Å²) in [7, 11) is 2.10. The van der Waals surface area contributed by atoms with Gasteiger partial charge in [0.1, 0.15) is 6.04 Å². The third-order valence-corrected chi connectivity index (χ3v) is 6.89. The number of halogens is 1. The third-order valence-electron chi connectivity index (χ3n) is 5.02. The molecule has 1 spiro atoms. The summed E-state index contributed by atoms with van der Waals surface area (Å²) in [5.41, 5.74) is 0.604. The molecule has 7 heteroatoms. The number of rotatable bonds is 1. The maximum absolute atomic E-state index is 13.0. The highest BCUT2D eigenvalue weighted by molar-refractivity contribution is 8.01. The summed E-state index contributed by atoms with van der Waals surface area (Å²) in [6, 6.07) is 6.37. The monoisotopic (exact) mass is 351 g/mol. The van der Waals surface area contributed by atoms with Crippen LogP contribution >= 0.6 is 23.4 Å². The number of anilines is 1. The normalized spacial score (nSPS) is 27.1. The van der Waals surface area contributed by atoms with E-state index < -0.39 is 0 Å². The quantitative estimate of drug-likeness (QED) is 0.730. The Morgan fingerprint density at radius 2 is 1.83 bits per heavy atom. The minimum Gasteiger partial charge on any atom is -0.306 e. The fraction of sp³-hybridized carbons (Fsp3) is 0.500. The summed E-state index contributed by atoms with van der Waals surface area (Å²) in [5, 5.41) is 0.593. The fourth-order valence-electron chi connectivity index (χ4n) is 3.68. The van der Waals surface area contributed by atoms with E-state index in [2.05, 4.69) is 11.9 Å². The topological polar surface area (TPSA) is 43.9 Å². The van der Waals surface area contributed by atoms with Gasteiger partial charge in [-0.25, -0.2) is 9.69 Å². The van der Waals surface area contributed by atoms with Gasteiger partial charge in [-0.1, -0.05) is 11.6 Å². The Kier molecular flexibility index (Phi) is 3.59. The predicted octanol–water partition coefficient (Wildman–Crippen LogP) is 2.65. The SMILES string of the molecule is CN1CCC2(CC1)SCC1C(=O)N(c3ccc(Cl)cc3)C(=O)N12. The Bertz CT molecular complexity index is 658. The minimum atomic E-state index is -0.327. The zero-order valence-corrected chi connectivity index (χ0v) is 14.4. The molecule has 3 heterocycles. The molecule has 3 aliphatic heterocycles. The summed E-state index contributed by atoms with van der Waals surface area (Å²) in [6.45, 7) is 1.91. The molecule has 0 radical (unpaired) electrons. The van der Waals surface area contributed by atoms with Gasteiger partial charge in [-0.2, -0.15) is 0 Å². The molecule has 1 aromatic rings. The van der Waals surface area contributed by atoms with Crippen molar-refractivity contribution >= 4 is 41.0 Å². The van der Waals surface area contributed by atoms with Crippen molar-refractivity contribution in [2.45, 2.75) is 23.8 Å². The number of benzene rings is 1. The van der Waals surface area contributed by atoms with E-state index >= 15 is 0 Å². The van der Waals surface area contributed by atoms with Crippen LogP contribution in [0.2, 0.25) is 5.02 Å². The van der Waals surface area contributed by atoms with Crippen molar-refractivity contribution in [3.8, 4) is 0 Å². The Balaban J connectivity index is 1.66.